The van der Waals surface area contributed by atoms with Gasteiger partial charge in [0.25, 0.3) is 5.91 Å². The van der Waals surface area contributed by atoms with Crippen LogP contribution in [0.4, 0.5) is 0 Å². The average Bonchev–Trinajstić information content (AvgIpc) is 3.41. The quantitative estimate of drug-likeness (QED) is 0.571. The van der Waals surface area contributed by atoms with Crippen molar-refractivity contribution in [3.8, 4) is 0 Å². The first kappa shape index (κ1) is 21.8. The predicted molar refractivity (Wildman–Crippen MR) is 120 cm³/mol. The lowest BCUT2D eigenvalue weighted by atomic mass is 9.75. The van der Waals surface area contributed by atoms with Gasteiger partial charge in [-0.05, 0) is 37.7 Å². The Bertz CT molecular complexity index is 1100. The molecular formula is C24H30N6O3. The number of nitrogens with one attached hydrogen (secondary N) is 1. The van der Waals surface area contributed by atoms with Gasteiger partial charge in [0.15, 0.2) is 0 Å². The van der Waals surface area contributed by atoms with Crippen molar-refractivity contribution < 1.29 is 14.6 Å². The lowest BCUT2D eigenvalue weighted by Gasteiger charge is -2.43. The van der Waals surface area contributed by atoms with Crippen LogP contribution in [0.3, 0.4) is 0 Å². The van der Waals surface area contributed by atoms with Crippen LogP contribution in [0, 0.1) is 0 Å². The SMILES string of the molecule is Cn1ncc(C(=O)NC2CC(O)(Cn3cc(C4CCCCO4)nn3)C2)c1Cc1ccccc1. The minimum Gasteiger partial charge on any atom is -0.388 e. The summed E-state index contributed by atoms with van der Waals surface area (Å²) < 4.78 is 9.20. The van der Waals surface area contributed by atoms with E-state index in [1.165, 1.54) is 0 Å². The number of amides is 1. The van der Waals surface area contributed by atoms with E-state index >= 15 is 0 Å². The number of carbonyl (C=O) groups excluding carboxylic acids is 1. The smallest absolute Gasteiger partial charge is 0.254 e. The monoisotopic (exact) mass is 450 g/mol. The van der Waals surface area contributed by atoms with Crippen LogP contribution >= 0.6 is 0 Å². The number of nitrogens with zero attached hydrogens (tertiary/aromatic N) is 5. The largest absolute Gasteiger partial charge is 0.388 e. The van der Waals surface area contributed by atoms with Gasteiger partial charge in [0.1, 0.15) is 11.8 Å². The predicted octanol–water partition coefficient (Wildman–Crippen LogP) is 2.17. The summed E-state index contributed by atoms with van der Waals surface area (Å²) in [4.78, 5) is 12.9. The molecule has 3 aromatic rings. The fourth-order valence-corrected chi connectivity index (χ4v) is 4.82. The fraction of sp³-hybridized carbons (Fsp3) is 0.500. The second-order valence-corrected chi connectivity index (χ2v) is 9.29. The summed E-state index contributed by atoms with van der Waals surface area (Å²) in [6.45, 7) is 1.11. The maximum Gasteiger partial charge on any atom is 0.254 e. The molecule has 1 aliphatic heterocycles. The third-order valence-corrected chi connectivity index (χ3v) is 6.63. The second kappa shape index (κ2) is 9.07. The number of aliphatic hydroxyl groups is 1. The zero-order valence-electron chi connectivity index (χ0n) is 18.9. The summed E-state index contributed by atoms with van der Waals surface area (Å²) in [5, 5.41) is 26.7. The molecule has 1 aliphatic carbocycles. The van der Waals surface area contributed by atoms with E-state index in [2.05, 4.69) is 20.7 Å². The third-order valence-electron chi connectivity index (χ3n) is 6.63. The molecule has 1 amide bonds. The average molecular weight is 451 g/mol. The maximum absolute atomic E-state index is 12.9. The summed E-state index contributed by atoms with van der Waals surface area (Å²) in [5.74, 6) is -0.154. The number of hydrogen-bond acceptors (Lipinski definition) is 6. The summed E-state index contributed by atoms with van der Waals surface area (Å²) >= 11 is 0. The van der Waals surface area contributed by atoms with E-state index < -0.39 is 5.60 Å². The van der Waals surface area contributed by atoms with Gasteiger partial charge >= 0.3 is 0 Å². The molecule has 0 radical (unpaired) electrons. The van der Waals surface area contributed by atoms with Gasteiger partial charge in [-0.1, -0.05) is 35.5 Å². The number of ether oxygens (including phenoxy) is 1. The van der Waals surface area contributed by atoms with Gasteiger partial charge < -0.3 is 15.2 Å². The highest BCUT2D eigenvalue weighted by Crippen LogP contribution is 2.34. The Balaban J connectivity index is 1.16. The summed E-state index contributed by atoms with van der Waals surface area (Å²) in [7, 11) is 1.85. The standard InChI is InChI=1S/C24H30N6O3/c1-29-21(11-17-7-3-2-4-8-17)19(14-25-29)23(31)26-18-12-24(32,13-18)16-30-15-20(27-28-30)22-9-5-6-10-33-22/h2-4,7-8,14-15,18,22,32H,5-6,9-13,16H2,1H3,(H,26,31). The molecule has 1 atom stereocenters. The normalized spacial score (nSPS) is 24.9. The lowest BCUT2D eigenvalue weighted by molar-refractivity contribution is -0.0689. The van der Waals surface area contributed by atoms with Crippen LogP contribution in [0.1, 0.15) is 65.5 Å². The van der Waals surface area contributed by atoms with E-state index in [-0.39, 0.29) is 18.1 Å². The zero-order valence-corrected chi connectivity index (χ0v) is 18.9. The van der Waals surface area contributed by atoms with Crippen molar-refractivity contribution in [2.45, 2.75) is 62.8 Å². The van der Waals surface area contributed by atoms with E-state index in [4.69, 9.17) is 4.74 Å². The van der Waals surface area contributed by atoms with Crippen LogP contribution in [0.15, 0.2) is 42.7 Å². The topological polar surface area (TPSA) is 107 Å². The Morgan fingerprint density at radius 1 is 1.27 bits per heavy atom. The lowest BCUT2D eigenvalue weighted by Crippen LogP contribution is -2.57. The minimum atomic E-state index is -0.905. The number of carbonyl (C=O) groups is 1. The van der Waals surface area contributed by atoms with Crippen LogP contribution < -0.4 is 5.32 Å². The Labute approximate surface area is 192 Å². The van der Waals surface area contributed by atoms with Gasteiger partial charge in [-0.25, -0.2) is 4.68 Å². The van der Waals surface area contributed by atoms with E-state index in [0.29, 0.717) is 31.4 Å². The molecular weight excluding hydrogens is 420 g/mol. The second-order valence-electron chi connectivity index (χ2n) is 9.29. The molecule has 2 aliphatic rings. The zero-order chi connectivity index (χ0) is 22.8. The number of benzene rings is 1. The van der Waals surface area contributed by atoms with Crippen LogP contribution in [0.25, 0.3) is 0 Å². The molecule has 1 saturated heterocycles. The van der Waals surface area contributed by atoms with Crippen molar-refractivity contribution >= 4 is 5.91 Å². The summed E-state index contributed by atoms with van der Waals surface area (Å²) in [5.41, 5.74) is 2.49. The van der Waals surface area contributed by atoms with E-state index in [0.717, 1.165) is 42.8 Å². The van der Waals surface area contributed by atoms with Gasteiger partial charge in [0, 0.05) is 26.1 Å². The highest BCUT2D eigenvalue weighted by atomic mass is 16.5. The third kappa shape index (κ3) is 4.84. The van der Waals surface area contributed by atoms with E-state index in [1.807, 2.05) is 43.6 Å². The number of aromatic nitrogens is 5. The summed E-state index contributed by atoms with van der Waals surface area (Å²) in [6, 6.07) is 9.94. The first-order valence-corrected chi connectivity index (χ1v) is 11.6. The Morgan fingerprint density at radius 3 is 2.85 bits per heavy atom. The van der Waals surface area contributed by atoms with Gasteiger partial charge in [0.2, 0.25) is 0 Å². The number of hydrogen-bond donors (Lipinski definition) is 2. The van der Waals surface area contributed by atoms with Crippen LogP contribution in [-0.4, -0.2) is 54.0 Å². The van der Waals surface area contributed by atoms with E-state index in [1.54, 1.807) is 15.6 Å². The van der Waals surface area contributed by atoms with E-state index in [9.17, 15) is 9.90 Å². The molecule has 33 heavy (non-hydrogen) atoms. The molecule has 1 aromatic carbocycles. The molecule has 0 bridgehead atoms. The highest BCUT2D eigenvalue weighted by molar-refractivity contribution is 5.95. The van der Waals surface area contributed by atoms with Gasteiger partial charge in [-0.2, -0.15) is 5.10 Å². The number of aryl methyl sites for hydroxylation is 1. The van der Waals surface area contributed by atoms with Crippen LogP contribution in [-0.2, 0) is 24.8 Å². The first-order chi connectivity index (χ1) is 16.0. The van der Waals surface area contributed by atoms with Crippen molar-refractivity contribution in [1.82, 2.24) is 30.1 Å². The molecule has 174 valence electrons. The molecule has 1 saturated carbocycles. The molecule has 5 rings (SSSR count). The van der Waals surface area contributed by atoms with Crippen molar-refractivity contribution in [2.75, 3.05) is 6.61 Å². The molecule has 0 spiro atoms. The summed E-state index contributed by atoms with van der Waals surface area (Å²) in [6.07, 6.45) is 8.24. The molecule has 2 aromatic heterocycles. The molecule has 3 heterocycles. The Hall–Kier alpha value is -3.04. The van der Waals surface area contributed by atoms with Crippen molar-refractivity contribution in [3.05, 3.63) is 65.2 Å². The van der Waals surface area contributed by atoms with Crippen molar-refractivity contribution in [3.63, 3.8) is 0 Å². The van der Waals surface area contributed by atoms with Gasteiger partial charge in [0.05, 0.1) is 35.8 Å². The van der Waals surface area contributed by atoms with Crippen LogP contribution in [0.5, 0.6) is 0 Å². The molecule has 9 nitrogen and oxygen atoms in total. The molecule has 9 heteroatoms. The molecule has 2 N–H and O–H groups in total. The van der Waals surface area contributed by atoms with Crippen molar-refractivity contribution in [1.29, 1.82) is 0 Å². The Kier molecular flexibility index (Phi) is 5.99. The van der Waals surface area contributed by atoms with Gasteiger partial charge in [-0.3, -0.25) is 9.48 Å². The van der Waals surface area contributed by atoms with Crippen LogP contribution in [0.2, 0.25) is 0 Å². The van der Waals surface area contributed by atoms with Gasteiger partial charge in [-0.15, -0.1) is 5.10 Å². The molecule has 1 unspecified atom stereocenters. The fourth-order valence-electron chi connectivity index (χ4n) is 4.82. The highest BCUT2D eigenvalue weighted by Gasteiger charge is 2.44. The first-order valence-electron chi connectivity index (χ1n) is 11.6. The molecule has 2 fully saturated rings. The minimum absolute atomic E-state index is 0.000124. The van der Waals surface area contributed by atoms with Crippen molar-refractivity contribution in [2.24, 2.45) is 7.05 Å². The number of rotatable bonds is 7. The Morgan fingerprint density at radius 2 is 2.09 bits per heavy atom. The maximum atomic E-state index is 12.9.